The topological polar surface area (TPSA) is 43.8 Å². The molecule has 1 aromatic rings. The highest BCUT2D eigenvalue weighted by atomic mass is 32.2. The van der Waals surface area contributed by atoms with E-state index in [2.05, 4.69) is 11.9 Å². The summed E-state index contributed by atoms with van der Waals surface area (Å²) in [5, 5.41) is 1.69. The summed E-state index contributed by atoms with van der Waals surface area (Å²) >= 11 is 1.82. The molecule has 0 aliphatic carbocycles. The number of hydrogen-bond acceptors (Lipinski definition) is 3. The molecule has 0 saturated heterocycles. The number of rotatable bonds is 5. The van der Waals surface area contributed by atoms with Crippen molar-refractivity contribution in [1.29, 1.82) is 0 Å². The highest BCUT2D eigenvalue weighted by Gasteiger charge is 2.09. The molecule has 0 radical (unpaired) electrons. The van der Waals surface area contributed by atoms with Crippen molar-refractivity contribution in [3.8, 4) is 0 Å². The Bertz CT molecular complexity index is 247. The van der Waals surface area contributed by atoms with Gasteiger partial charge in [0.05, 0.1) is 0 Å². The van der Waals surface area contributed by atoms with Gasteiger partial charge in [-0.15, -0.1) is 0 Å². The number of aromatic nitrogens is 2. The predicted molar refractivity (Wildman–Crippen MR) is 56.8 cm³/mol. The molecule has 2 N–H and O–H groups in total. The molecule has 0 amide bonds. The van der Waals surface area contributed by atoms with Crippen LogP contribution in [0.1, 0.15) is 19.8 Å². The molecule has 1 heterocycles. The van der Waals surface area contributed by atoms with Gasteiger partial charge < -0.3 is 10.3 Å². The minimum absolute atomic E-state index is 0.603. The molecule has 74 valence electrons. The molecule has 0 aliphatic heterocycles. The molecule has 1 unspecified atom stereocenters. The van der Waals surface area contributed by atoms with Gasteiger partial charge in [0.2, 0.25) is 0 Å². The van der Waals surface area contributed by atoms with Crippen molar-refractivity contribution in [2.45, 2.75) is 30.2 Å². The van der Waals surface area contributed by atoms with Crippen LogP contribution in [-0.2, 0) is 7.05 Å². The molecule has 1 atom stereocenters. The lowest BCUT2D eigenvalue weighted by molar-refractivity contribution is 0.729. The van der Waals surface area contributed by atoms with Crippen LogP contribution in [0.3, 0.4) is 0 Å². The largest absolute Gasteiger partial charge is 0.330 e. The second kappa shape index (κ2) is 5.29. The average molecular weight is 199 g/mol. The van der Waals surface area contributed by atoms with Gasteiger partial charge in [-0.05, 0) is 19.4 Å². The van der Waals surface area contributed by atoms with E-state index in [4.69, 9.17) is 5.73 Å². The van der Waals surface area contributed by atoms with Gasteiger partial charge in [-0.3, -0.25) is 0 Å². The number of imidazole rings is 1. The first-order valence-corrected chi connectivity index (χ1v) is 5.50. The summed E-state index contributed by atoms with van der Waals surface area (Å²) in [4.78, 5) is 4.27. The van der Waals surface area contributed by atoms with Crippen molar-refractivity contribution in [3.63, 3.8) is 0 Å². The van der Waals surface area contributed by atoms with Crippen LogP contribution < -0.4 is 5.73 Å². The Labute approximate surface area is 83.7 Å². The Hall–Kier alpha value is -0.480. The summed E-state index contributed by atoms with van der Waals surface area (Å²) in [6.07, 6.45) is 6.01. The van der Waals surface area contributed by atoms with Gasteiger partial charge in [-0.2, -0.15) is 0 Å². The van der Waals surface area contributed by atoms with Gasteiger partial charge >= 0.3 is 0 Å². The first-order chi connectivity index (χ1) is 6.27. The van der Waals surface area contributed by atoms with E-state index in [9.17, 15) is 0 Å². The third-order valence-corrected chi connectivity index (χ3v) is 3.50. The van der Waals surface area contributed by atoms with Crippen LogP contribution in [0.5, 0.6) is 0 Å². The van der Waals surface area contributed by atoms with Crippen molar-refractivity contribution in [1.82, 2.24) is 9.55 Å². The molecule has 4 heteroatoms. The predicted octanol–water partition coefficient (Wildman–Crippen LogP) is 1.64. The van der Waals surface area contributed by atoms with Gasteiger partial charge in [0.15, 0.2) is 5.16 Å². The molecule has 0 aliphatic rings. The van der Waals surface area contributed by atoms with Gasteiger partial charge in [-0.1, -0.05) is 18.7 Å². The number of nitrogens with two attached hydrogens (primary N) is 1. The van der Waals surface area contributed by atoms with Crippen LogP contribution in [0.4, 0.5) is 0 Å². The number of hydrogen-bond donors (Lipinski definition) is 1. The van der Waals surface area contributed by atoms with E-state index in [0.29, 0.717) is 5.25 Å². The summed E-state index contributed by atoms with van der Waals surface area (Å²) in [5.41, 5.74) is 5.53. The first kappa shape index (κ1) is 10.6. The van der Waals surface area contributed by atoms with Crippen LogP contribution in [0.15, 0.2) is 17.6 Å². The lowest BCUT2D eigenvalue weighted by Crippen LogP contribution is -2.10. The molecule has 13 heavy (non-hydrogen) atoms. The summed E-state index contributed by atoms with van der Waals surface area (Å²) in [5.74, 6) is 0. The van der Waals surface area contributed by atoms with E-state index >= 15 is 0 Å². The molecular formula is C9H17N3S. The highest BCUT2D eigenvalue weighted by Crippen LogP contribution is 2.24. The van der Waals surface area contributed by atoms with E-state index in [1.807, 2.05) is 35.8 Å². The minimum Gasteiger partial charge on any atom is -0.330 e. The molecule has 1 rings (SSSR count). The zero-order valence-electron chi connectivity index (χ0n) is 8.23. The maximum Gasteiger partial charge on any atom is 0.167 e. The summed E-state index contributed by atoms with van der Waals surface area (Å²) in [6.45, 7) is 2.95. The third kappa shape index (κ3) is 3.04. The molecule has 3 nitrogen and oxygen atoms in total. The minimum atomic E-state index is 0.603. The fourth-order valence-electron chi connectivity index (χ4n) is 1.15. The van der Waals surface area contributed by atoms with Crippen LogP contribution >= 0.6 is 11.8 Å². The molecular weight excluding hydrogens is 182 g/mol. The zero-order chi connectivity index (χ0) is 9.68. The van der Waals surface area contributed by atoms with Crippen LogP contribution in [-0.4, -0.2) is 21.3 Å². The molecule has 1 aromatic heterocycles. The molecule has 0 spiro atoms. The SMILES string of the molecule is CCC(CCN)Sc1nccn1C. The van der Waals surface area contributed by atoms with Crippen molar-refractivity contribution >= 4 is 11.8 Å². The van der Waals surface area contributed by atoms with E-state index in [-0.39, 0.29) is 0 Å². The zero-order valence-corrected chi connectivity index (χ0v) is 9.05. The van der Waals surface area contributed by atoms with Crippen molar-refractivity contribution in [2.24, 2.45) is 12.8 Å². The van der Waals surface area contributed by atoms with Crippen LogP contribution in [0, 0.1) is 0 Å². The van der Waals surface area contributed by atoms with Crippen molar-refractivity contribution in [3.05, 3.63) is 12.4 Å². The monoisotopic (exact) mass is 199 g/mol. The Morgan fingerprint density at radius 2 is 2.46 bits per heavy atom. The fourth-order valence-corrected chi connectivity index (χ4v) is 2.21. The number of thioether (sulfide) groups is 1. The molecule has 0 bridgehead atoms. The summed E-state index contributed by atoms with van der Waals surface area (Å²) < 4.78 is 2.05. The third-order valence-electron chi connectivity index (χ3n) is 1.99. The Balaban J connectivity index is 2.51. The molecule has 0 aromatic carbocycles. The van der Waals surface area contributed by atoms with E-state index < -0.39 is 0 Å². The lowest BCUT2D eigenvalue weighted by atomic mass is 10.2. The average Bonchev–Trinajstić information content (AvgIpc) is 2.51. The second-order valence-electron chi connectivity index (χ2n) is 3.05. The standard InChI is InChI=1S/C9H17N3S/c1-3-8(4-5-10)13-9-11-6-7-12(9)2/h6-8H,3-5,10H2,1-2H3. The van der Waals surface area contributed by atoms with Crippen LogP contribution in [0.25, 0.3) is 0 Å². The maximum atomic E-state index is 5.53. The Morgan fingerprint density at radius 3 is 2.92 bits per heavy atom. The quantitative estimate of drug-likeness (QED) is 0.733. The van der Waals surface area contributed by atoms with Gasteiger partial charge in [0.25, 0.3) is 0 Å². The molecule has 0 fully saturated rings. The number of nitrogens with zero attached hydrogens (tertiary/aromatic N) is 2. The van der Waals surface area contributed by atoms with E-state index in [0.717, 1.165) is 24.5 Å². The fraction of sp³-hybridized carbons (Fsp3) is 0.667. The smallest absolute Gasteiger partial charge is 0.167 e. The second-order valence-corrected chi connectivity index (χ2v) is 4.31. The first-order valence-electron chi connectivity index (χ1n) is 4.62. The summed E-state index contributed by atoms with van der Waals surface area (Å²) in [6, 6.07) is 0. The molecule has 0 saturated carbocycles. The highest BCUT2D eigenvalue weighted by molar-refractivity contribution is 7.99. The van der Waals surface area contributed by atoms with E-state index in [1.54, 1.807) is 0 Å². The van der Waals surface area contributed by atoms with Gasteiger partial charge in [-0.25, -0.2) is 4.98 Å². The van der Waals surface area contributed by atoms with Gasteiger partial charge in [0, 0.05) is 24.7 Å². The van der Waals surface area contributed by atoms with Gasteiger partial charge in [0.1, 0.15) is 0 Å². The van der Waals surface area contributed by atoms with Crippen molar-refractivity contribution in [2.75, 3.05) is 6.54 Å². The Kier molecular flexibility index (Phi) is 4.32. The normalized spacial score (nSPS) is 13.2. The van der Waals surface area contributed by atoms with Crippen molar-refractivity contribution < 1.29 is 0 Å². The number of aryl methyl sites for hydroxylation is 1. The van der Waals surface area contributed by atoms with E-state index in [1.165, 1.54) is 0 Å². The maximum absolute atomic E-state index is 5.53. The lowest BCUT2D eigenvalue weighted by Gasteiger charge is -2.12. The van der Waals surface area contributed by atoms with Crippen LogP contribution in [0.2, 0.25) is 0 Å². The Morgan fingerprint density at radius 1 is 1.69 bits per heavy atom. The summed E-state index contributed by atoms with van der Waals surface area (Å²) in [7, 11) is 2.02.